The van der Waals surface area contributed by atoms with Crippen molar-refractivity contribution in [1.29, 1.82) is 0 Å². The summed E-state index contributed by atoms with van der Waals surface area (Å²) in [7, 11) is 0. The molecule has 0 aromatic heterocycles. The van der Waals surface area contributed by atoms with Gasteiger partial charge in [0.25, 0.3) is 0 Å². The molecule has 0 aliphatic carbocycles. The van der Waals surface area contributed by atoms with E-state index in [2.05, 4.69) is 10.2 Å². The number of carbonyl (C=O) groups excluding carboxylic acids is 2. The zero-order valence-corrected chi connectivity index (χ0v) is 13.5. The van der Waals surface area contributed by atoms with E-state index in [0.717, 1.165) is 25.1 Å². The third-order valence-corrected chi connectivity index (χ3v) is 4.15. The highest BCUT2D eigenvalue weighted by Gasteiger charge is 2.32. The van der Waals surface area contributed by atoms with Gasteiger partial charge < -0.3 is 10.2 Å². The molecule has 1 unspecified atom stereocenters. The molecule has 1 N–H and O–H groups in total. The minimum atomic E-state index is -4.45. The largest absolute Gasteiger partial charge is 0.416 e. The van der Waals surface area contributed by atoms with Gasteiger partial charge in [-0.1, -0.05) is 12.1 Å². The predicted octanol–water partition coefficient (Wildman–Crippen LogP) is 2.74. The van der Waals surface area contributed by atoms with Gasteiger partial charge in [0.2, 0.25) is 5.91 Å². The minimum absolute atomic E-state index is 0.108. The van der Waals surface area contributed by atoms with Crippen LogP contribution in [0.2, 0.25) is 0 Å². The van der Waals surface area contributed by atoms with Crippen molar-refractivity contribution >= 4 is 11.7 Å². The lowest BCUT2D eigenvalue weighted by molar-refractivity contribution is -0.137. The Morgan fingerprint density at radius 3 is 2.75 bits per heavy atom. The van der Waals surface area contributed by atoms with Gasteiger partial charge in [-0.25, -0.2) is 0 Å². The van der Waals surface area contributed by atoms with E-state index in [1.165, 1.54) is 19.1 Å². The molecule has 1 aromatic rings. The van der Waals surface area contributed by atoms with Gasteiger partial charge in [0, 0.05) is 38.0 Å². The summed E-state index contributed by atoms with van der Waals surface area (Å²) in [5.41, 5.74) is -0.690. The Kier molecular flexibility index (Phi) is 5.99. The maximum absolute atomic E-state index is 12.8. The van der Waals surface area contributed by atoms with Crippen LogP contribution < -0.4 is 5.32 Å². The van der Waals surface area contributed by atoms with Crippen molar-refractivity contribution in [3.05, 3.63) is 35.4 Å². The summed E-state index contributed by atoms with van der Waals surface area (Å²) in [5.74, 6) is -0.659. The molecular formula is C17H21F3N2O2. The summed E-state index contributed by atoms with van der Waals surface area (Å²) in [6.07, 6.45) is -2.96. The first-order valence-corrected chi connectivity index (χ1v) is 7.95. The van der Waals surface area contributed by atoms with E-state index in [9.17, 15) is 22.8 Å². The Hall–Kier alpha value is -1.89. The Labute approximate surface area is 139 Å². The molecule has 132 valence electrons. The Morgan fingerprint density at radius 1 is 1.33 bits per heavy atom. The number of halogens is 3. The van der Waals surface area contributed by atoms with Crippen LogP contribution in [-0.4, -0.2) is 42.8 Å². The fourth-order valence-corrected chi connectivity index (χ4v) is 2.95. The molecule has 1 aliphatic heterocycles. The molecule has 4 nitrogen and oxygen atoms in total. The summed E-state index contributed by atoms with van der Waals surface area (Å²) in [6, 6.07) is 4.61. The summed E-state index contributed by atoms with van der Waals surface area (Å²) >= 11 is 0. The van der Waals surface area contributed by atoms with Gasteiger partial charge in [0.1, 0.15) is 0 Å². The van der Waals surface area contributed by atoms with E-state index < -0.39 is 11.7 Å². The van der Waals surface area contributed by atoms with Crippen LogP contribution in [0.25, 0.3) is 0 Å². The van der Waals surface area contributed by atoms with E-state index in [-0.39, 0.29) is 23.2 Å². The van der Waals surface area contributed by atoms with Crippen LogP contribution in [0.3, 0.4) is 0 Å². The standard InChI is InChI=1S/C17H21F3N2O2/c1-12(23)21-7-9-22-8-3-5-14(11-22)16(24)13-4-2-6-15(10-13)17(18,19)20/h2,4,6,10,14H,3,5,7-9,11H2,1H3,(H,21,23). The number of ketones is 1. The topological polar surface area (TPSA) is 49.4 Å². The van der Waals surface area contributed by atoms with E-state index >= 15 is 0 Å². The number of nitrogens with zero attached hydrogens (tertiary/aromatic N) is 1. The van der Waals surface area contributed by atoms with Crippen LogP contribution in [-0.2, 0) is 11.0 Å². The smallest absolute Gasteiger partial charge is 0.355 e. The normalized spacial score (nSPS) is 19.1. The third-order valence-electron chi connectivity index (χ3n) is 4.15. The van der Waals surface area contributed by atoms with Gasteiger partial charge in [-0.2, -0.15) is 13.2 Å². The molecular weight excluding hydrogens is 321 g/mol. The van der Waals surface area contributed by atoms with Crippen LogP contribution >= 0.6 is 0 Å². The number of amides is 1. The predicted molar refractivity (Wildman–Crippen MR) is 83.6 cm³/mol. The summed E-state index contributed by atoms with van der Waals surface area (Å²) in [6.45, 7) is 3.91. The molecule has 1 aliphatic rings. The minimum Gasteiger partial charge on any atom is -0.355 e. The van der Waals surface area contributed by atoms with E-state index in [1.54, 1.807) is 0 Å². The van der Waals surface area contributed by atoms with Gasteiger partial charge in [0.05, 0.1) is 5.56 Å². The number of Topliss-reactive ketones (excluding diaryl/α,β-unsaturated/α-hetero) is 1. The van der Waals surface area contributed by atoms with Crippen molar-refractivity contribution in [2.24, 2.45) is 5.92 Å². The molecule has 1 amide bonds. The number of benzene rings is 1. The van der Waals surface area contributed by atoms with E-state index in [0.29, 0.717) is 26.1 Å². The highest BCUT2D eigenvalue weighted by molar-refractivity contribution is 5.98. The Bertz CT molecular complexity index is 602. The van der Waals surface area contributed by atoms with Crippen LogP contribution in [0.5, 0.6) is 0 Å². The van der Waals surface area contributed by atoms with Crippen LogP contribution in [0.1, 0.15) is 35.7 Å². The molecule has 2 rings (SSSR count). The van der Waals surface area contributed by atoms with Gasteiger partial charge >= 0.3 is 6.18 Å². The lowest BCUT2D eigenvalue weighted by atomic mass is 9.89. The van der Waals surface area contributed by atoms with Crippen molar-refractivity contribution < 1.29 is 22.8 Å². The molecule has 7 heteroatoms. The van der Waals surface area contributed by atoms with Gasteiger partial charge in [-0.3, -0.25) is 9.59 Å². The number of hydrogen-bond donors (Lipinski definition) is 1. The van der Waals surface area contributed by atoms with Crippen molar-refractivity contribution in [1.82, 2.24) is 10.2 Å². The van der Waals surface area contributed by atoms with Crippen molar-refractivity contribution in [3.8, 4) is 0 Å². The molecule has 1 aromatic carbocycles. The van der Waals surface area contributed by atoms with Crippen molar-refractivity contribution in [3.63, 3.8) is 0 Å². The number of alkyl halides is 3. The fraction of sp³-hybridized carbons (Fsp3) is 0.529. The lowest BCUT2D eigenvalue weighted by Gasteiger charge is -2.32. The second kappa shape index (κ2) is 7.79. The van der Waals surface area contributed by atoms with Crippen LogP contribution in [0.4, 0.5) is 13.2 Å². The molecule has 1 saturated heterocycles. The quantitative estimate of drug-likeness (QED) is 0.837. The van der Waals surface area contributed by atoms with Crippen LogP contribution in [0.15, 0.2) is 24.3 Å². The molecule has 0 radical (unpaired) electrons. The lowest BCUT2D eigenvalue weighted by Crippen LogP contribution is -2.42. The first-order chi connectivity index (χ1) is 11.3. The molecule has 1 heterocycles. The SMILES string of the molecule is CC(=O)NCCN1CCCC(C(=O)c2cccc(C(F)(F)F)c2)C1. The third kappa shape index (κ3) is 5.06. The summed E-state index contributed by atoms with van der Waals surface area (Å²) < 4.78 is 38.4. The Balaban J connectivity index is 2.00. The zero-order valence-electron chi connectivity index (χ0n) is 13.5. The zero-order chi connectivity index (χ0) is 17.7. The maximum atomic E-state index is 12.8. The number of nitrogens with one attached hydrogen (secondary N) is 1. The fourth-order valence-electron chi connectivity index (χ4n) is 2.95. The summed E-state index contributed by atoms with van der Waals surface area (Å²) in [5, 5.41) is 2.70. The monoisotopic (exact) mass is 342 g/mol. The molecule has 24 heavy (non-hydrogen) atoms. The number of piperidine rings is 1. The summed E-state index contributed by atoms with van der Waals surface area (Å²) in [4.78, 5) is 25.5. The highest BCUT2D eigenvalue weighted by Crippen LogP contribution is 2.30. The average molecular weight is 342 g/mol. The Morgan fingerprint density at radius 2 is 2.08 bits per heavy atom. The second-order valence-corrected chi connectivity index (χ2v) is 6.07. The van der Waals surface area contributed by atoms with E-state index in [1.807, 2.05) is 0 Å². The number of likely N-dealkylation sites (tertiary alicyclic amines) is 1. The van der Waals surface area contributed by atoms with E-state index in [4.69, 9.17) is 0 Å². The molecule has 0 saturated carbocycles. The van der Waals surface area contributed by atoms with Gasteiger partial charge in [0.15, 0.2) is 5.78 Å². The number of hydrogen-bond acceptors (Lipinski definition) is 3. The molecule has 0 spiro atoms. The molecule has 0 bridgehead atoms. The number of rotatable bonds is 5. The van der Waals surface area contributed by atoms with Crippen LogP contribution in [0, 0.1) is 5.92 Å². The molecule has 1 fully saturated rings. The number of carbonyl (C=O) groups is 2. The van der Waals surface area contributed by atoms with Gasteiger partial charge in [-0.15, -0.1) is 0 Å². The van der Waals surface area contributed by atoms with Crippen molar-refractivity contribution in [2.75, 3.05) is 26.2 Å². The van der Waals surface area contributed by atoms with Gasteiger partial charge in [-0.05, 0) is 31.5 Å². The second-order valence-electron chi connectivity index (χ2n) is 6.07. The van der Waals surface area contributed by atoms with Crippen molar-refractivity contribution in [2.45, 2.75) is 25.9 Å². The first kappa shape index (κ1) is 18.4. The maximum Gasteiger partial charge on any atom is 0.416 e. The first-order valence-electron chi connectivity index (χ1n) is 7.95. The molecule has 1 atom stereocenters. The highest BCUT2D eigenvalue weighted by atomic mass is 19.4. The average Bonchev–Trinajstić information content (AvgIpc) is 2.53.